The van der Waals surface area contributed by atoms with Crippen molar-refractivity contribution in [1.82, 2.24) is 0 Å². The van der Waals surface area contributed by atoms with Gasteiger partial charge in [-0.15, -0.1) is 11.8 Å². The Hall–Kier alpha value is -1.16. The van der Waals surface area contributed by atoms with Crippen LogP contribution in [0.25, 0.3) is 0 Å². The number of rotatable bonds is 8. The topological polar surface area (TPSA) is 35.5 Å². The second-order valence-corrected chi connectivity index (χ2v) is 5.64. The van der Waals surface area contributed by atoms with Crippen LogP contribution in [0, 0.1) is 5.92 Å². The van der Waals surface area contributed by atoms with Crippen molar-refractivity contribution >= 4 is 17.7 Å². The highest BCUT2D eigenvalue weighted by atomic mass is 32.2. The molecule has 1 rings (SSSR count). The Bertz CT molecular complexity index is 373. The summed E-state index contributed by atoms with van der Waals surface area (Å²) in [5, 5.41) is 0. The minimum atomic E-state index is -0.176. The first-order chi connectivity index (χ1) is 9.11. The van der Waals surface area contributed by atoms with Crippen LogP contribution in [0.3, 0.4) is 0 Å². The van der Waals surface area contributed by atoms with Gasteiger partial charge in [0.15, 0.2) is 0 Å². The van der Waals surface area contributed by atoms with Crippen molar-refractivity contribution in [3.05, 3.63) is 24.3 Å². The molecule has 1 aromatic rings. The van der Waals surface area contributed by atoms with E-state index in [1.54, 1.807) is 0 Å². The number of thioether (sulfide) groups is 1. The Morgan fingerprint density at radius 1 is 1.26 bits per heavy atom. The van der Waals surface area contributed by atoms with E-state index in [-0.39, 0.29) is 5.97 Å². The molecule has 0 bridgehead atoms. The Labute approximate surface area is 119 Å². The van der Waals surface area contributed by atoms with Gasteiger partial charge in [-0.05, 0) is 43.5 Å². The van der Waals surface area contributed by atoms with Crippen LogP contribution in [-0.2, 0) is 9.53 Å². The van der Waals surface area contributed by atoms with Crippen molar-refractivity contribution in [3.8, 4) is 5.75 Å². The summed E-state index contributed by atoms with van der Waals surface area (Å²) in [7, 11) is 0. The average Bonchev–Trinajstić information content (AvgIpc) is 2.38. The lowest BCUT2D eigenvalue weighted by Gasteiger charge is -2.08. The third kappa shape index (κ3) is 7.11. The predicted octanol–water partition coefficient (Wildman–Crippen LogP) is 3.77. The molecule has 0 saturated heterocycles. The predicted molar refractivity (Wildman–Crippen MR) is 78.7 cm³/mol. The molecule has 0 aliphatic heterocycles. The summed E-state index contributed by atoms with van der Waals surface area (Å²) in [6, 6.07) is 7.81. The highest BCUT2D eigenvalue weighted by Gasteiger charge is 2.03. The zero-order chi connectivity index (χ0) is 14.1. The maximum atomic E-state index is 11.2. The molecule has 1 aromatic carbocycles. The lowest BCUT2D eigenvalue weighted by atomic mass is 10.1. The maximum absolute atomic E-state index is 11.2. The molecule has 0 amide bonds. The summed E-state index contributed by atoms with van der Waals surface area (Å²) in [5.74, 6) is 1.70. The SMILES string of the molecule is CCOC(=O)CSc1ccc(OCCC(C)C)cc1. The molecular weight excluding hydrogens is 260 g/mol. The van der Waals surface area contributed by atoms with Gasteiger partial charge in [-0.2, -0.15) is 0 Å². The van der Waals surface area contributed by atoms with E-state index < -0.39 is 0 Å². The molecule has 0 aliphatic rings. The summed E-state index contributed by atoms with van der Waals surface area (Å²) in [6.07, 6.45) is 1.05. The number of carbonyl (C=O) groups excluding carboxylic acids is 1. The second kappa shape index (κ2) is 8.86. The smallest absolute Gasteiger partial charge is 0.316 e. The van der Waals surface area contributed by atoms with Gasteiger partial charge in [-0.3, -0.25) is 4.79 Å². The van der Waals surface area contributed by atoms with Crippen molar-refractivity contribution in [1.29, 1.82) is 0 Å². The molecule has 3 nitrogen and oxygen atoms in total. The van der Waals surface area contributed by atoms with Crippen molar-refractivity contribution in [2.24, 2.45) is 5.92 Å². The summed E-state index contributed by atoms with van der Waals surface area (Å²) < 4.78 is 10.5. The van der Waals surface area contributed by atoms with Crippen LogP contribution >= 0.6 is 11.8 Å². The van der Waals surface area contributed by atoms with Crippen molar-refractivity contribution in [2.75, 3.05) is 19.0 Å². The molecule has 0 heterocycles. The number of hydrogen-bond acceptors (Lipinski definition) is 4. The normalized spacial score (nSPS) is 10.5. The first-order valence-corrected chi connectivity index (χ1v) is 7.61. The number of benzene rings is 1. The van der Waals surface area contributed by atoms with E-state index in [0.29, 0.717) is 18.3 Å². The third-order valence-electron chi connectivity index (χ3n) is 2.45. The minimum absolute atomic E-state index is 0.176. The van der Waals surface area contributed by atoms with Gasteiger partial charge >= 0.3 is 5.97 Å². The molecule has 0 saturated carbocycles. The number of carbonyl (C=O) groups is 1. The average molecular weight is 282 g/mol. The lowest BCUT2D eigenvalue weighted by Crippen LogP contribution is -2.06. The lowest BCUT2D eigenvalue weighted by molar-refractivity contribution is -0.139. The minimum Gasteiger partial charge on any atom is -0.494 e. The maximum Gasteiger partial charge on any atom is 0.316 e. The zero-order valence-electron chi connectivity index (χ0n) is 11.8. The fourth-order valence-corrected chi connectivity index (χ4v) is 2.09. The molecule has 0 spiro atoms. The van der Waals surface area contributed by atoms with Crippen LogP contribution in [0.2, 0.25) is 0 Å². The highest BCUT2D eigenvalue weighted by molar-refractivity contribution is 8.00. The molecule has 19 heavy (non-hydrogen) atoms. The highest BCUT2D eigenvalue weighted by Crippen LogP contribution is 2.21. The van der Waals surface area contributed by atoms with E-state index in [1.165, 1.54) is 11.8 Å². The number of hydrogen-bond donors (Lipinski definition) is 0. The van der Waals surface area contributed by atoms with Gasteiger partial charge in [0, 0.05) is 4.90 Å². The van der Waals surface area contributed by atoms with Gasteiger partial charge in [-0.1, -0.05) is 13.8 Å². The molecule has 4 heteroatoms. The van der Waals surface area contributed by atoms with Gasteiger partial charge in [-0.25, -0.2) is 0 Å². The Morgan fingerprint density at radius 3 is 2.53 bits per heavy atom. The van der Waals surface area contributed by atoms with Crippen molar-refractivity contribution in [3.63, 3.8) is 0 Å². The number of esters is 1. The van der Waals surface area contributed by atoms with Gasteiger partial charge < -0.3 is 9.47 Å². The van der Waals surface area contributed by atoms with Gasteiger partial charge in [0.2, 0.25) is 0 Å². The van der Waals surface area contributed by atoms with E-state index >= 15 is 0 Å². The van der Waals surface area contributed by atoms with Crippen LogP contribution in [0.5, 0.6) is 5.75 Å². The Morgan fingerprint density at radius 2 is 1.95 bits per heavy atom. The molecule has 0 unspecified atom stereocenters. The third-order valence-corrected chi connectivity index (χ3v) is 3.44. The van der Waals surface area contributed by atoms with Crippen LogP contribution < -0.4 is 4.74 Å². The molecule has 0 N–H and O–H groups in total. The monoisotopic (exact) mass is 282 g/mol. The summed E-state index contributed by atoms with van der Waals surface area (Å²) in [6.45, 7) is 7.35. The first kappa shape index (κ1) is 15.9. The quantitative estimate of drug-likeness (QED) is 0.537. The van der Waals surface area contributed by atoms with E-state index in [4.69, 9.17) is 9.47 Å². The van der Waals surface area contributed by atoms with Crippen molar-refractivity contribution < 1.29 is 14.3 Å². The van der Waals surface area contributed by atoms with Crippen LogP contribution in [0.15, 0.2) is 29.2 Å². The van der Waals surface area contributed by atoms with E-state index in [2.05, 4.69) is 13.8 Å². The molecular formula is C15H22O3S. The summed E-state index contributed by atoms with van der Waals surface area (Å²) >= 11 is 1.48. The molecule has 0 radical (unpaired) electrons. The largest absolute Gasteiger partial charge is 0.494 e. The van der Waals surface area contributed by atoms with Crippen LogP contribution in [0.1, 0.15) is 27.2 Å². The Balaban J connectivity index is 2.33. The first-order valence-electron chi connectivity index (χ1n) is 6.63. The van der Waals surface area contributed by atoms with E-state index in [0.717, 1.165) is 23.7 Å². The van der Waals surface area contributed by atoms with Crippen molar-refractivity contribution in [2.45, 2.75) is 32.1 Å². The van der Waals surface area contributed by atoms with Gasteiger partial charge in [0.05, 0.1) is 19.0 Å². The van der Waals surface area contributed by atoms with Gasteiger partial charge in [0.1, 0.15) is 5.75 Å². The molecule has 0 atom stereocenters. The number of ether oxygens (including phenoxy) is 2. The van der Waals surface area contributed by atoms with Gasteiger partial charge in [0.25, 0.3) is 0 Å². The van der Waals surface area contributed by atoms with Crippen LogP contribution in [0.4, 0.5) is 0 Å². The molecule has 0 aliphatic carbocycles. The van der Waals surface area contributed by atoms with Crippen LogP contribution in [-0.4, -0.2) is 24.9 Å². The molecule has 0 aromatic heterocycles. The zero-order valence-corrected chi connectivity index (χ0v) is 12.7. The Kier molecular flexibility index (Phi) is 7.41. The van der Waals surface area contributed by atoms with E-state index in [1.807, 2.05) is 31.2 Å². The molecule has 106 valence electrons. The second-order valence-electron chi connectivity index (χ2n) is 4.60. The summed E-state index contributed by atoms with van der Waals surface area (Å²) in [4.78, 5) is 12.3. The fraction of sp³-hybridized carbons (Fsp3) is 0.533. The fourth-order valence-electron chi connectivity index (χ4n) is 1.39. The van der Waals surface area contributed by atoms with E-state index in [9.17, 15) is 4.79 Å². The summed E-state index contributed by atoms with van der Waals surface area (Å²) in [5.41, 5.74) is 0. The standard InChI is InChI=1S/C15H22O3S/c1-4-17-15(16)11-19-14-7-5-13(6-8-14)18-10-9-12(2)3/h5-8,12H,4,9-11H2,1-3H3. The molecule has 0 fully saturated rings.